The Balaban J connectivity index is 1.95. The number of carbonyl (C=O) groups is 3. The average Bonchev–Trinajstić information content (AvgIpc) is 3.15. The summed E-state index contributed by atoms with van der Waals surface area (Å²) in [5.74, 6) is -0.525. The minimum Gasteiger partial charge on any atom is -0.497 e. The molecule has 2 aliphatic rings. The molecule has 7 nitrogen and oxygen atoms in total. The van der Waals surface area contributed by atoms with Crippen molar-refractivity contribution in [3.05, 3.63) is 64.7 Å². The molecule has 1 heterocycles. The number of amides is 1. The Morgan fingerprint density at radius 1 is 1.16 bits per heavy atom. The zero-order chi connectivity index (χ0) is 22.2. The second-order valence-corrected chi connectivity index (χ2v) is 7.71. The monoisotopic (exact) mass is 423 g/mol. The number of benzene rings is 2. The van der Waals surface area contributed by atoms with Crippen LogP contribution in [0.5, 0.6) is 5.75 Å². The molecule has 1 amide bonds. The molecule has 31 heavy (non-hydrogen) atoms. The maximum absolute atomic E-state index is 13.6. The van der Waals surface area contributed by atoms with Crippen molar-refractivity contribution < 1.29 is 28.6 Å². The van der Waals surface area contributed by atoms with E-state index in [2.05, 4.69) is 0 Å². The molecule has 1 aliphatic heterocycles. The summed E-state index contributed by atoms with van der Waals surface area (Å²) < 4.78 is 15.7. The Kier molecular flexibility index (Phi) is 5.43. The van der Waals surface area contributed by atoms with Crippen LogP contribution in [0.1, 0.15) is 46.4 Å². The topological polar surface area (TPSA) is 82.1 Å². The minimum absolute atomic E-state index is 0.0269. The van der Waals surface area contributed by atoms with E-state index in [-0.39, 0.29) is 31.4 Å². The quantitative estimate of drug-likeness (QED) is 0.665. The highest BCUT2D eigenvalue weighted by Crippen LogP contribution is 2.55. The van der Waals surface area contributed by atoms with Gasteiger partial charge in [0.25, 0.3) is 5.91 Å². The molecule has 7 heteroatoms. The van der Waals surface area contributed by atoms with E-state index in [9.17, 15) is 14.4 Å². The van der Waals surface area contributed by atoms with Gasteiger partial charge in [-0.1, -0.05) is 30.3 Å². The molecule has 0 saturated carbocycles. The van der Waals surface area contributed by atoms with Gasteiger partial charge in [-0.15, -0.1) is 0 Å². The summed E-state index contributed by atoms with van der Waals surface area (Å²) in [6.07, 6.45) is 0.438. The largest absolute Gasteiger partial charge is 0.497 e. The van der Waals surface area contributed by atoms with Crippen LogP contribution in [0.3, 0.4) is 0 Å². The molecule has 2 aromatic rings. The molecule has 0 fully saturated rings. The number of fused-ring (bicyclic) bond motifs is 5. The van der Waals surface area contributed by atoms with Gasteiger partial charge in [-0.3, -0.25) is 14.4 Å². The number of nitrogens with zero attached hydrogens (tertiary/aromatic N) is 1. The van der Waals surface area contributed by atoms with E-state index in [0.717, 1.165) is 11.1 Å². The number of ether oxygens (including phenoxy) is 3. The van der Waals surface area contributed by atoms with E-state index < -0.39 is 17.4 Å². The van der Waals surface area contributed by atoms with E-state index in [1.54, 1.807) is 30.0 Å². The van der Waals surface area contributed by atoms with Crippen LogP contribution in [0, 0.1) is 0 Å². The van der Waals surface area contributed by atoms with Crippen LogP contribution in [0.15, 0.2) is 42.5 Å². The molecular formula is C24H25NO6. The molecule has 0 aromatic heterocycles. The van der Waals surface area contributed by atoms with Crippen molar-refractivity contribution in [3.63, 3.8) is 0 Å². The van der Waals surface area contributed by atoms with E-state index in [0.29, 0.717) is 23.3 Å². The lowest BCUT2D eigenvalue weighted by atomic mass is 9.69. The lowest BCUT2D eigenvalue weighted by Crippen LogP contribution is -2.55. The fraction of sp³-hybridized carbons (Fsp3) is 0.375. The van der Waals surface area contributed by atoms with Crippen LogP contribution >= 0.6 is 0 Å². The fourth-order valence-corrected chi connectivity index (χ4v) is 4.89. The zero-order valence-electron chi connectivity index (χ0n) is 17.8. The second kappa shape index (κ2) is 8.06. The summed E-state index contributed by atoms with van der Waals surface area (Å²) in [6.45, 7) is 2.12. The third-order valence-electron chi connectivity index (χ3n) is 6.22. The maximum Gasteiger partial charge on any atom is 0.319 e. The van der Waals surface area contributed by atoms with E-state index in [1.807, 2.05) is 24.3 Å². The van der Waals surface area contributed by atoms with Gasteiger partial charge in [-0.25, -0.2) is 0 Å². The lowest BCUT2D eigenvalue weighted by Gasteiger charge is -2.45. The summed E-state index contributed by atoms with van der Waals surface area (Å²) in [4.78, 5) is 40.7. The Labute approximate surface area is 180 Å². The third-order valence-corrected chi connectivity index (χ3v) is 6.22. The Bertz CT molecular complexity index is 1050. The number of hydrogen-bond donors (Lipinski definition) is 0. The van der Waals surface area contributed by atoms with Crippen LogP contribution in [0.2, 0.25) is 0 Å². The molecule has 4 rings (SSSR count). The highest BCUT2D eigenvalue weighted by atomic mass is 16.5. The maximum atomic E-state index is 13.6. The molecule has 0 spiro atoms. The Morgan fingerprint density at radius 2 is 1.94 bits per heavy atom. The molecule has 162 valence electrons. The molecule has 0 unspecified atom stereocenters. The van der Waals surface area contributed by atoms with Crippen molar-refractivity contribution in [2.45, 2.75) is 31.2 Å². The first-order valence-corrected chi connectivity index (χ1v) is 10.3. The van der Waals surface area contributed by atoms with Gasteiger partial charge in [0.2, 0.25) is 0 Å². The van der Waals surface area contributed by atoms with Crippen molar-refractivity contribution in [2.24, 2.45) is 0 Å². The van der Waals surface area contributed by atoms with Gasteiger partial charge in [-0.05, 0) is 42.2 Å². The fourth-order valence-electron chi connectivity index (χ4n) is 4.89. The molecule has 1 aliphatic carbocycles. The molecule has 0 N–H and O–H groups in total. The SMILES string of the molecule is CCOC(=O)[C@]12Cc3ccccc3[C@H]1N(CCC(=O)OC)C(=O)c1cc(OC)ccc12. The van der Waals surface area contributed by atoms with Gasteiger partial charge < -0.3 is 19.1 Å². The predicted molar refractivity (Wildman–Crippen MR) is 112 cm³/mol. The lowest BCUT2D eigenvalue weighted by molar-refractivity contribution is -0.153. The van der Waals surface area contributed by atoms with E-state index in [4.69, 9.17) is 14.2 Å². The number of rotatable bonds is 6. The molecule has 0 radical (unpaired) electrons. The number of methoxy groups -OCH3 is 2. The van der Waals surface area contributed by atoms with E-state index >= 15 is 0 Å². The summed E-state index contributed by atoms with van der Waals surface area (Å²) in [7, 11) is 2.84. The van der Waals surface area contributed by atoms with Crippen molar-refractivity contribution in [1.82, 2.24) is 4.90 Å². The first-order valence-electron chi connectivity index (χ1n) is 10.3. The van der Waals surface area contributed by atoms with Crippen LogP contribution in [-0.4, -0.2) is 50.1 Å². The van der Waals surface area contributed by atoms with E-state index in [1.165, 1.54) is 14.2 Å². The highest BCUT2D eigenvalue weighted by molar-refractivity contribution is 6.03. The van der Waals surface area contributed by atoms with Gasteiger partial charge in [0.05, 0.1) is 33.3 Å². The van der Waals surface area contributed by atoms with Gasteiger partial charge >= 0.3 is 11.9 Å². The van der Waals surface area contributed by atoms with Crippen LogP contribution in [0.4, 0.5) is 0 Å². The van der Waals surface area contributed by atoms with Gasteiger partial charge in [0.1, 0.15) is 11.2 Å². The van der Waals surface area contributed by atoms with Crippen LogP contribution in [-0.2, 0) is 30.9 Å². The smallest absolute Gasteiger partial charge is 0.319 e. The van der Waals surface area contributed by atoms with Gasteiger partial charge in [-0.2, -0.15) is 0 Å². The molecule has 2 atom stereocenters. The Morgan fingerprint density at radius 3 is 2.65 bits per heavy atom. The van der Waals surface area contributed by atoms with Crippen molar-refractivity contribution >= 4 is 17.8 Å². The zero-order valence-corrected chi connectivity index (χ0v) is 17.8. The van der Waals surface area contributed by atoms with Crippen molar-refractivity contribution in [2.75, 3.05) is 27.4 Å². The van der Waals surface area contributed by atoms with Crippen LogP contribution in [0.25, 0.3) is 0 Å². The normalized spacial score (nSPS) is 21.1. The minimum atomic E-state index is -1.09. The molecule has 2 aromatic carbocycles. The number of hydrogen-bond acceptors (Lipinski definition) is 6. The molecule has 0 bridgehead atoms. The summed E-state index contributed by atoms with van der Waals surface area (Å²) in [5.41, 5.74) is 1.81. The first-order chi connectivity index (χ1) is 15.0. The van der Waals surface area contributed by atoms with Crippen LogP contribution < -0.4 is 4.74 Å². The summed E-state index contributed by atoms with van der Waals surface area (Å²) in [5, 5.41) is 0. The first kappa shape index (κ1) is 20.9. The standard InChI is InChI=1S/C24H25NO6/c1-4-31-23(28)24-14-15-7-5-6-8-17(15)21(24)25(12-11-20(26)30-3)22(27)18-13-16(29-2)9-10-19(18)24/h5-10,13,21H,4,11-12,14H2,1-3H3/t21-,24+/m1/s1. The molecule has 0 saturated heterocycles. The number of carbonyl (C=O) groups excluding carboxylic acids is 3. The summed E-state index contributed by atoms with van der Waals surface area (Å²) in [6, 6.07) is 12.4. The van der Waals surface area contributed by atoms with Gasteiger partial charge in [0, 0.05) is 12.1 Å². The van der Waals surface area contributed by atoms with Crippen molar-refractivity contribution in [3.8, 4) is 5.75 Å². The van der Waals surface area contributed by atoms with Gasteiger partial charge in [0.15, 0.2) is 0 Å². The second-order valence-electron chi connectivity index (χ2n) is 7.71. The average molecular weight is 423 g/mol. The van der Waals surface area contributed by atoms with Crippen molar-refractivity contribution in [1.29, 1.82) is 0 Å². The summed E-state index contributed by atoms with van der Waals surface area (Å²) >= 11 is 0. The third kappa shape index (κ3) is 3.15. The molecular weight excluding hydrogens is 398 g/mol. The Hall–Kier alpha value is -3.35. The predicted octanol–water partition coefficient (Wildman–Crippen LogP) is 2.81. The highest BCUT2D eigenvalue weighted by Gasteiger charge is 2.61. The number of esters is 2.